The third-order valence-electron chi connectivity index (χ3n) is 3.79. The van der Waals surface area contributed by atoms with E-state index in [9.17, 15) is 13.2 Å². The molecule has 1 saturated heterocycles. The van der Waals surface area contributed by atoms with Crippen LogP contribution in [0, 0.1) is 0 Å². The van der Waals surface area contributed by atoms with Crippen LogP contribution in [0.25, 0.3) is 0 Å². The van der Waals surface area contributed by atoms with Gasteiger partial charge in [-0.1, -0.05) is 12.5 Å². The highest BCUT2D eigenvalue weighted by atomic mass is 19.4. The predicted octanol–water partition coefficient (Wildman–Crippen LogP) is 3.41. The van der Waals surface area contributed by atoms with Gasteiger partial charge in [0.05, 0.1) is 14.2 Å². The van der Waals surface area contributed by atoms with Gasteiger partial charge < -0.3 is 14.8 Å². The summed E-state index contributed by atoms with van der Waals surface area (Å²) in [5.41, 5.74) is -0.0658. The van der Waals surface area contributed by atoms with E-state index in [0.29, 0.717) is 6.42 Å². The van der Waals surface area contributed by atoms with E-state index in [4.69, 9.17) is 9.47 Å². The monoisotopic (exact) mass is 303 g/mol. The summed E-state index contributed by atoms with van der Waals surface area (Å²) in [5, 5.41) is 3.38. The molecule has 1 aromatic rings. The predicted molar refractivity (Wildman–Crippen MR) is 73.9 cm³/mol. The van der Waals surface area contributed by atoms with Gasteiger partial charge in [0.15, 0.2) is 11.5 Å². The van der Waals surface area contributed by atoms with Gasteiger partial charge in [0.25, 0.3) is 0 Å². The van der Waals surface area contributed by atoms with E-state index < -0.39 is 11.7 Å². The van der Waals surface area contributed by atoms with Crippen molar-refractivity contribution in [3.63, 3.8) is 0 Å². The molecule has 1 unspecified atom stereocenters. The molecule has 0 radical (unpaired) electrons. The first-order chi connectivity index (χ1) is 9.97. The molecule has 0 bridgehead atoms. The van der Waals surface area contributed by atoms with E-state index in [1.165, 1.54) is 20.3 Å². The minimum absolute atomic E-state index is 0.180. The topological polar surface area (TPSA) is 30.5 Å². The molecule has 6 heteroatoms. The molecule has 0 aromatic heterocycles. The molecule has 1 aromatic carbocycles. The Balaban J connectivity index is 2.33. The SMILES string of the molecule is COc1c(CC2CCCCN2)ccc(C(F)(F)F)c1OC. The average molecular weight is 303 g/mol. The summed E-state index contributed by atoms with van der Waals surface area (Å²) >= 11 is 0. The van der Waals surface area contributed by atoms with Gasteiger partial charge in [-0.3, -0.25) is 0 Å². The first-order valence-corrected chi connectivity index (χ1v) is 7.01. The molecule has 21 heavy (non-hydrogen) atoms. The second kappa shape index (κ2) is 6.56. The van der Waals surface area contributed by atoms with Crippen LogP contribution >= 0.6 is 0 Å². The molecule has 118 valence electrons. The van der Waals surface area contributed by atoms with E-state index in [2.05, 4.69) is 5.32 Å². The standard InChI is InChI=1S/C15H20F3NO2/c1-20-13-10(9-11-5-3-4-8-19-11)6-7-12(14(13)21-2)15(16,17)18/h6-7,11,19H,3-5,8-9H2,1-2H3. The minimum atomic E-state index is -4.46. The fraction of sp³-hybridized carbons (Fsp3) is 0.600. The van der Waals surface area contributed by atoms with Crippen molar-refractivity contribution in [2.45, 2.75) is 37.9 Å². The Hall–Kier alpha value is -1.43. The van der Waals surface area contributed by atoms with Crippen molar-refractivity contribution in [3.05, 3.63) is 23.3 Å². The summed E-state index contributed by atoms with van der Waals surface area (Å²) in [6, 6.07) is 2.83. The molecule has 0 saturated carbocycles. The number of benzene rings is 1. The molecule has 1 aliphatic heterocycles. The lowest BCUT2D eigenvalue weighted by Gasteiger charge is -2.25. The average Bonchev–Trinajstić information content (AvgIpc) is 2.46. The summed E-state index contributed by atoms with van der Waals surface area (Å²) in [6.07, 6.45) is -0.522. The van der Waals surface area contributed by atoms with Gasteiger partial charge in [-0.15, -0.1) is 0 Å². The van der Waals surface area contributed by atoms with E-state index in [1.54, 1.807) is 0 Å². The highest BCUT2D eigenvalue weighted by Crippen LogP contribution is 2.43. The minimum Gasteiger partial charge on any atom is -0.493 e. The lowest BCUT2D eigenvalue weighted by Crippen LogP contribution is -2.35. The number of hydrogen-bond acceptors (Lipinski definition) is 3. The van der Waals surface area contributed by atoms with Gasteiger partial charge in [-0.2, -0.15) is 13.2 Å². The number of piperidine rings is 1. The molecule has 0 spiro atoms. The number of hydrogen-bond donors (Lipinski definition) is 1. The summed E-state index contributed by atoms with van der Waals surface area (Å²) in [6.45, 7) is 0.949. The summed E-state index contributed by atoms with van der Waals surface area (Å²) in [7, 11) is 2.60. The second-order valence-corrected chi connectivity index (χ2v) is 5.19. The Morgan fingerprint density at radius 1 is 1.14 bits per heavy atom. The van der Waals surface area contributed by atoms with E-state index in [1.807, 2.05) is 0 Å². The first-order valence-electron chi connectivity index (χ1n) is 7.01. The lowest BCUT2D eigenvalue weighted by atomic mass is 9.96. The van der Waals surface area contributed by atoms with Crippen LogP contribution in [0.2, 0.25) is 0 Å². The second-order valence-electron chi connectivity index (χ2n) is 5.19. The van der Waals surface area contributed by atoms with Crippen LogP contribution in [0.15, 0.2) is 12.1 Å². The zero-order valence-corrected chi connectivity index (χ0v) is 12.2. The third-order valence-corrected chi connectivity index (χ3v) is 3.79. The molecule has 3 nitrogen and oxygen atoms in total. The van der Waals surface area contributed by atoms with Crippen LogP contribution in [0.1, 0.15) is 30.4 Å². The van der Waals surface area contributed by atoms with Crippen LogP contribution < -0.4 is 14.8 Å². The van der Waals surface area contributed by atoms with E-state index in [0.717, 1.165) is 37.4 Å². The molecule has 1 N–H and O–H groups in total. The quantitative estimate of drug-likeness (QED) is 0.924. The van der Waals surface area contributed by atoms with Crippen molar-refractivity contribution >= 4 is 0 Å². The summed E-state index contributed by atoms with van der Waals surface area (Å²) in [4.78, 5) is 0. The van der Waals surface area contributed by atoms with E-state index >= 15 is 0 Å². The molecule has 2 rings (SSSR count). The number of alkyl halides is 3. The number of nitrogens with one attached hydrogen (secondary N) is 1. The fourth-order valence-electron chi connectivity index (χ4n) is 2.78. The maximum absolute atomic E-state index is 13.0. The van der Waals surface area contributed by atoms with Crippen molar-refractivity contribution < 1.29 is 22.6 Å². The molecule has 1 fully saturated rings. The van der Waals surface area contributed by atoms with Gasteiger partial charge in [-0.05, 0) is 37.4 Å². The van der Waals surface area contributed by atoms with Crippen molar-refractivity contribution in [1.82, 2.24) is 5.32 Å². The molecule has 0 aliphatic carbocycles. The lowest BCUT2D eigenvalue weighted by molar-refractivity contribution is -0.138. The zero-order chi connectivity index (χ0) is 15.5. The molecular formula is C15H20F3NO2. The highest BCUT2D eigenvalue weighted by molar-refractivity contribution is 5.53. The van der Waals surface area contributed by atoms with Gasteiger partial charge in [0.1, 0.15) is 5.56 Å². The summed E-state index contributed by atoms with van der Waals surface area (Å²) < 4.78 is 49.1. The van der Waals surface area contributed by atoms with Gasteiger partial charge in [0, 0.05) is 6.04 Å². The zero-order valence-electron chi connectivity index (χ0n) is 12.2. The number of ether oxygens (including phenoxy) is 2. The van der Waals surface area contributed by atoms with Gasteiger partial charge >= 0.3 is 6.18 Å². The molecule has 1 atom stereocenters. The van der Waals surface area contributed by atoms with Crippen molar-refractivity contribution in [2.75, 3.05) is 20.8 Å². The largest absolute Gasteiger partial charge is 0.493 e. The van der Waals surface area contributed by atoms with Crippen molar-refractivity contribution in [2.24, 2.45) is 0 Å². The molecule has 1 aliphatic rings. The summed E-state index contributed by atoms with van der Waals surface area (Å²) in [5.74, 6) is -0.0574. The van der Waals surface area contributed by atoms with Crippen molar-refractivity contribution in [1.29, 1.82) is 0 Å². The Morgan fingerprint density at radius 3 is 2.38 bits per heavy atom. The first kappa shape index (κ1) is 15.9. The van der Waals surface area contributed by atoms with Crippen molar-refractivity contribution in [3.8, 4) is 11.5 Å². The molecule has 0 amide bonds. The Bertz CT molecular complexity index is 483. The van der Waals surface area contributed by atoms with Gasteiger partial charge in [0.2, 0.25) is 0 Å². The Morgan fingerprint density at radius 2 is 1.86 bits per heavy atom. The highest BCUT2D eigenvalue weighted by Gasteiger charge is 2.36. The number of rotatable bonds is 4. The Labute approximate surface area is 122 Å². The maximum atomic E-state index is 13.0. The van der Waals surface area contributed by atoms with Crippen LogP contribution in [-0.2, 0) is 12.6 Å². The number of methoxy groups -OCH3 is 2. The van der Waals surface area contributed by atoms with E-state index in [-0.39, 0.29) is 17.5 Å². The smallest absolute Gasteiger partial charge is 0.420 e. The third kappa shape index (κ3) is 3.61. The Kier molecular flexibility index (Phi) is 4.98. The van der Waals surface area contributed by atoms with Gasteiger partial charge in [-0.25, -0.2) is 0 Å². The van der Waals surface area contributed by atoms with Crippen LogP contribution in [0.5, 0.6) is 11.5 Å². The fourth-order valence-corrected chi connectivity index (χ4v) is 2.78. The van der Waals surface area contributed by atoms with Crippen LogP contribution in [0.4, 0.5) is 13.2 Å². The molecule has 1 heterocycles. The molecular weight excluding hydrogens is 283 g/mol. The normalized spacial score (nSPS) is 19.4. The maximum Gasteiger partial charge on any atom is 0.420 e. The van der Waals surface area contributed by atoms with Crippen LogP contribution in [0.3, 0.4) is 0 Å². The van der Waals surface area contributed by atoms with Crippen LogP contribution in [-0.4, -0.2) is 26.8 Å². The number of halogens is 3.